The van der Waals surface area contributed by atoms with Crippen molar-refractivity contribution in [2.24, 2.45) is 0 Å². The van der Waals surface area contributed by atoms with E-state index < -0.39 is 5.95 Å². The van der Waals surface area contributed by atoms with Gasteiger partial charge in [0.2, 0.25) is 11.1 Å². The van der Waals surface area contributed by atoms with Gasteiger partial charge >= 0.3 is 0 Å². The average molecular weight is 330 g/mol. The van der Waals surface area contributed by atoms with Crippen molar-refractivity contribution in [1.29, 1.82) is 0 Å². The fourth-order valence-corrected chi connectivity index (χ4v) is 4.05. The van der Waals surface area contributed by atoms with Gasteiger partial charge in [-0.2, -0.15) is 4.39 Å². The van der Waals surface area contributed by atoms with Crippen LogP contribution in [0.3, 0.4) is 0 Å². The Morgan fingerprint density at radius 2 is 2.13 bits per heavy atom. The van der Waals surface area contributed by atoms with Gasteiger partial charge in [0, 0.05) is 4.75 Å². The first kappa shape index (κ1) is 16.0. The molecule has 0 amide bonds. The quantitative estimate of drug-likeness (QED) is 0.751. The van der Waals surface area contributed by atoms with Crippen LogP contribution < -0.4 is 0 Å². The first-order valence-electron chi connectivity index (χ1n) is 7.70. The van der Waals surface area contributed by atoms with Crippen LogP contribution in [0.2, 0.25) is 0 Å². The van der Waals surface area contributed by atoms with Crippen LogP contribution in [-0.4, -0.2) is 19.4 Å². The topological polar surface area (TPSA) is 34.9 Å². The fraction of sp³-hybridized carbons (Fsp3) is 0.333. The number of halogens is 1. The van der Waals surface area contributed by atoms with Gasteiger partial charge in [-0.05, 0) is 25.3 Å². The Labute approximate surface area is 139 Å². The molecule has 0 radical (unpaired) electrons. The molecular formula is C18H19FN2OS. The number of aromatic nitrogens is 2. The van der Waals surface area contributed by atoms with Crippen LogP contribution in [0.5, 0.6) is 0 Å². The van der Waals surface area contributed by atoms with Crippen molar-refractivity contribution in [3.8, 4) is 0 Å². The molecule has 0 aliphatic heterocycles. The second-order valence-electron chi connectivity index (χ2n) is 5.89. The Balaban J connectivity index is 1.89. The Morgan fingerprint density at radius 1 is 1.43 bits per heavy atom. The van der Waals surface area contributed by atoms with E-state index >= 15 is 0 Å². The zero-order valence-corrected chi connectivity index (χ0v) is 13.9. The number of hydrogen-bond donors (Lipinski definition) is 0. The molecule has 1 aliphatic rings. The molecule has 1 aromatic carbocycles. The smallest absolute Gasteiger partial charge is 0.242 e. The molecule has 1 saturated carbocycles. The van der Waals surface area contributed by atoms with Crippen molar-refractivity contribution in [1.82, 2.24) is 9.55 Å². The van der Waals surface area contributed by atoms with E-state index in [0.29, 0.717) is 0 Å². The van der Waals surface area contributed by atoms with E-state index in [2.05, 4.69) is 11.6 Å². The highest BCUT2D eigenvalue weighted by atomic mass is 32.2. The number of benzene rings is 1. The molecule has 1 aliphatic carbocycles. The molecule has 5 heteroatoms. The minimum atomic E-state index is -0.705. The molecule has 0 spiro atoms. The Morgan fingerprint density at radius 3 is 2.70 bits per heavy atom. The van der Waals surface area contributed by atoms with Crippen molar-refractivity contribution < 1.29 is 9.18 Å². The molecular weight excluding hydrogens is 311 g/mol. The van der Waals surface area contributed by atoms with E-state index in [0.717, 1.165) is 24.8 Å². The number of thioether (sulfide) groups is 1. The van der Waals surface area contributed by atoms with Gasteiger partial charge in [0.15, 0.2) is 5.69 Å². The van der Waals surface area contributed by atoms with E-state index in [4.69, 9.17) is 0 Å². The molecule has 0 saturated heterocycles. The SMILES string of the molecule is C=CC1(SC(=O)c2c(F)ncn2[C@H](C)c2ccccc2)CCC1. The largest absolute Gasteiger partial charge is 0.318 e. The number of carbonyl (C=O) groups excluding carboxylic acids is 1. The van der Waals surface area contributed by atoms with Crippen molar-refractivity contribution in [3.63, 3.8) is 0 Å². The molecule has 1 heterocycles. The van der Waals surface area contributed by atoms with Crippen molar-refractivity contribution in [2.75, 3.05) is 0 Å². The maximum absolute atomic E-state index is 14.1. The standard InChI is InChI=1S/C18H19FN2OS/c1-3-18(10-7-11-18)23-17(22)15-16(19)20-12-21(15)13(2)14-8-5-4-6-9-14/h3-6,8-9,12-13H,1,7,10-11H2,2H3/t13-/m1/s1. The Hall–Kier alpha value is -1.88. The molecule has 3 nitrogen and oxygen atoms in total. The third-order valence-electron chi connectivity index (χ3n) is 4.51. The summed E-state index contributed by atoms with van der Waals surface area (Å²) in [6.45, 7) is 5.76. The second kappa shape index (κ2) is 6.32. The fourth-order valence-electron chi connectivity index (χ4n) is 2.82. The summed E-state index contributed by atoms with van der Waals surface area (Å²) in [6.07, 6.45) is 6.13. The number of nitrogens with zero attached hydrogens (tertiary/aromatic N) is 2. The summed E-state index contributed by atoms with van der Waals surface area (Å²) in [6, 6.07) is 9.54. The van der Waals surface area contributed by atoms with Crippen LogP contribution in [0.1, 0.15) is 48.3 Å². The summed E-state index contributed by atoms with van der Waals surface area (Å²) < 4.78 is 15.5. The van der Waals surface area contributed by atoms with E-state index in [-0.39, 0.29) is 21.6 Å². The first-order chi connectivity index (χ1) is 11.1. The minimum absolute atomic E-state index is 0.0412. The second-order valence-corrected chi connectivity index (χ2v) is 7.28. The molecule has 0 unspecified atom stereocenters. The van der Waals surface area contributed by atoms with Gasteiger partial charge in [0.1, 0.15) is 0 Å². The predicted molar refractivity (Wildman–Crippen MR) is 91.1 cm³/mol. The van der Waals surface area contributed by atoms with Crippen LogP contribution in [0.25, 0.3) is 0 Å². The van der Waals surface area contributed by atoms with E-state index in [1.165, 1.54) is 18.1 Å². The number of hydrogen-bond acceptors (Lipinski definition) is 3. The lowest BCUT2D eigenvalue weighted by molar-refractivity contribution is 0.107. The van der Waals surface area contributed by atoms with Crippen LogP contribution in [0.4, 0.5) is 4.39 Å². The summed E-state index contributed by atoms with van der Waals surface area (Å²) in [4.78, 5) is 16.4. The molecule has 2 aromatic rings. The highest BCUT2D eigenvalue weighted by Gasteiger charge is 2.38. The lowest BCUT2D eigenvalue weighted by Gasteiger charge is -2.37. The van der Waals surface area contributed by atoms with Crippen molar-refractivity contribution in [2.45, 2.75) is 37.0 Å². The van der Waals surface area contributed by atoms with E-state index in [1.54, 1.807) is 4.57 Å². The molecule has 0 bridgehead atoms. The van der Waals surface area contributed by atoms with Crippen LogP contribution in [-0.2, 0) is 0 Å². The third-order valence-corrected chi connectivity index (χ3v) is 5.87. The summed E-state index contributed by atoms with van der Waals surface area (Å²) in [5, 5.41) is -0.276. The molecule has 23 heavy (non-hydrogen) atoms. The molecule has 1 aromatic heterocycles. The zero-order chi connectivity index (χ0) is 16.4. The van der Waals surface area contributed by atoms with Gasteiger partial charge in [-0.25, -0.2) is 4.98 Å². The zero-order valence-electron chi connectivity index (χ0n) is 13.0. The maximum atomic E-state index is 14.1. The van der Waals surface area contributed by atoms with Gasteiger partial charge in [0.25, 0.3) is 0 Å². The monoisotopic (exact) mass is 330 g/mol. The lowest BCUT2D eigenvalue weighted by Crippen LogP contribution is -2.32. The van der Waals surface area contributed by atoms with Crippen molar-refractivity contribution >= 4 is 16.9 Å². The Kier molecular flexibility index (Phi) is 4.39. The summed E-state index contributed by atoms with van der Waals surface area (Å²) in [7, 11) is 0. The van der Waals surface area contributed by atoms with Gasteiger partial charge in [-0.1, -0.05) is 54.6 Å². The summed E-state index contributed by atoms with van der Waals surface area (Å²) >= 11 is 1.17. The highest BCUT2D eigenvalue weighted by molar-refractivity contribution is 8.15. The van der Waals surface area contributed by atoms with E-state index in [1.807, 2.05) is 43.3 Å². The van der Waals surface area contributed by atoms with Crippen LogP contribution in [0.15, 0.2) is 49.3 Å². The summed E-state index contributed by atoms with van der Waals surface area (Å²) in [5.74, 6) is -0.705. The number of imidazole rings is 1. The molecule has 120 valence electrons. The van der Waals surface area contributed by atoms with Crippen LogP contribution in [0, 0.1) is 5.95 Å². The van der Waals surface area contributed by atoms with Gasteiger partial charge in [0.05, 0.1) is 12.4 Å². The normalized spacial score (nSPS) is 17.3. The molecule has 0 N–H and O–H groups in total. The van der Waals surface area contributed by atoms with Gasteiger partial charge in [-0.3, -0.25) is 4.79 Å². The van der Waals surface area contributed by atoms with Gasteiger partial charge < -0.3 is 4.57 Å². The van der Waals surface area contributed by atoms with Gasteiger partial charge in [-0.15, -0.1) is 6.58 Å². The van der Waals surface area contributed by atoms with E-state index in [9.17, 15) is 9.18 Å². The summed E-state index contributed by atoms with van der Waals surface area (Å²) in [5.41, 5.74) is 1.05. The van der Waals surface area contributed by atoms with Crippen molar-refractivity contribution in [3.05, 3.63) is 66.5 Å². The minimum Gasteiger partial charge on any atom is -0.318 e. The first-order valence-corrected chi connectivity index (χ1v) is 8.52. The Bertz CT molecular complexity index is 722. The third kappa shape index (κ3) is 2.98. The maximum Gasteiger partial charge on any atom is 0.242 e. The number of rotatable bonds is 5. The van der Waals surface area contributed by atoms with Crippen LogP contribution >= 0.6 is 11.8 Å². The molecule has 1 fully saturated rings. The predicted octanol–water partition coefficient (Wildman–Crippen LogP) is 4.61. The lowest BCUT2D eigenvalue weighted by atomic mass is 9.84. The molecule has 1 atom stereocenters. The molecule has 3 rings (SSSR count). The average Bonchev–Trinajstić information content (AvgIpc) is 2.92. The highest BCUT2D eigenvalue weighted by Crippen LogP contribution is 2.46. The number of carbonyl (C=O) groups is 1.